The van der Waals surface area contributed by atoms with Crippen LogP contribution in [-0.4, -0.2) is 135 Å². The minimum Gasteiger partial charge on any atom is -0.461 e. The number of anilines is 6. The molecule has 5 aliphatic rings. The average molecular weight is 1140 g/mol. The van der Waals surface area contributed by atoms with Gasteiger partial charge in [-0.15, -0.1) is 0 Å². The van der Waals surface area contributed by atoms with Gasteiger partial charge >= 0.3 is 36.4 Å². The molecule has 3 saturated heterocycles. The van der Waals surface area contributed by atoms with Crippen LogP contribution in [0.25, 0.3) is 22.5 Å². The third-order valence-electron chi connectivity index (χ3n) is 13.3. The topological polar surface area (TPSA) is 226 Å². The first-order chi connectivity index (χ1) is 37.6. The summed E-state index contributed by atoms with van der Waals surface area (Å²) >= 11 is 13.0. The van der Waals surface area contributed by atoms with E-state index in [4.69, 9.17) is 47.3 Å². The highest BCUT2D eigenvalue weighted by Crippen LogP contribution is 2.46. The molecule has 0 unspecified atom stereocenters. The second kappa shape index (κ2) is 22.1. The molecular formula is C51H48Cl2F6N12O8. The highest BCUT2D eigenvalue weighted by Gasteiger charge is 2.43. The molecule has 5 aliphatic heterocycles. The van der Waals surface area contributed by atoms with E-state index in [1.54, 1.807) is 12.1 Å². The van der Waals surface area contributed by atoms with Crippen molar-refractivity contribution in [2.45, 2.75) is 69.1 Å². The standard InChI is InChI=1S/C27H26ClF3N6O4.C24H22ClF3N6O4/c1-26(2)40-14-19(41-26)13-39-24-32-10-17(11-33-24)34-25(38)37-18-6-7-36(12-18)21-9-20(28)22(35-23(21)37)15-4-3-5-16(8-15)27(29,30)31;25-18-7-19-21(32-20(18)13-2-1-3-14(6-13)24(26,27)28)34(16-4-5-33(19)10-16)23(37)31-15-8-29-22(30-9-15)38-12-17(36)11-35/h3-5,8-11,18-19H,6-7,12-14H2,1-2H3,(H,34,38);1-3,6-9,16-17,35-36H,4-5,10-12H2,(H,31,37)/t18-,19+;16-,17-/m00/s1. The molecular weight excluding hydrogens is 1090 g/mol. The number of rotatable bonds is 11. The number of benzene rings is 2. The highest BCUT2D eigenvalue weighted by molar-refractivity contribution is 6.34. The largest absolute Gasteiger partial charge is 0.461 e. The molecule has 6 aromatic rings. The van der Waals surface area contributed by atoms with Crippen LogP contribution in [0.15, 0.2) is 85.5 Å². The first-order valence-corrected chi connectivity index (χ1v) is 25.3. The lowest BCUT2D eigenvalue weighted by atomic mass is 10.1. The summed E-state index contributed by atoms with van der Waals surface area (Å²) in [6.07, 6.45) is -3.55. The third kappa shape index (κ3) is 12.1. The lowest BCUT2D eigenvalue weighted by molar-refractivity contribution is -0.141. The van der Waals surface area contributed by atoms with Gasteiger partial charge in [-0.25, -0.2) is 39.5 Å². The maximum Gasteiger partial charge on any atom is 0.416 e. The van der Waals surface area contributed by atoms with Crippen molar-refractivity contribution in [3.05, 3.63) is 107 Å². The molecule has 2 aromatic carbocycles. The first kappa shape index (κ1) is 55.0. The Bertz CT molecular complexity index is 3240. The number of amides is 4. The van der Waals surface area contributed by atoms with E-state index >= 15 is 0 Å². The van der Waals surface area contributed by atoms with Crippen LogP contribution in [0.2, 0.25) is 10.0 Å². The summed E-state index contributed by atoms with van der Waals surface area (Å²) in [5.41, 5.74) is 0.851. The number of fused-ring (bicyclic) bond motifs is 8. The van der Waals surface area contributed by atoms with Crippen molar-refractivity contribution in [2.24, 2.45) is 0 Å². The number of aromatic nitrogens is 6. The van der Waals surface area contributed by atoms with Gasteiger partial charge < -0.3 is 49.6 Å². The van der Waals surface area contributed by atoms with Gasteiger partial charge in [-0.1, -0.05) is 47.5 Å². The molecule has 11 rings (SSSR count). The minimum atomic E-state index is -4.53. The zero-order valence-corrected chi connectivity index (χ0v) is 43.3. The Kier molecular flexibility index (Phi) is 15.3. The number of pyridine rings is 2. The molecule has 28 heteroatoms. The van der Waals surface area contributed by atoms with Gasteiger partial charge in [-0.05, 0) is 63.1 Å². The number of hydrogen-bond donors (Lipinski definition) is 4. The van der Waals surface area contributed by atoms with Gasteiger partial charge in [0.1, 0.15) is 25.4 Å². The van der Waals surface area contributed by atoms with Crippen LogP contribution in [0.5, 0.6) is 12.0 Å². The summed E-state index contributed by atoms with van der Waals surface area (Å²) < 4.78 is 102. The smallest absolute Gasteiger partial charge is 0.416 e. The summed E-state index contributed by atoms with van der Waals surface area (Å²) in [4.78, 5) is 59.5. The number of halogens is 8. The molecule has 4 atom stereocenters. The zero-order valence-electron chi connectivity index (χ0n) is 41.8. The highest BCUT2D eigenvalue weighted by atomic mass is 35.5. The molecule has 0 radical (unpaired) electrons. The second-order valence-corrected chi connectivity index (χ2v) is 20.1. The maximum absolute atomic E-state index is 13.5. The predicted octanol–water partition coefficient (Wildman–Crippen LogP) is 8.95. The zero-order chi connectivity index (χ0) is 56.0. The fraction of sp³-hybridized carbons (Fsp3) is 0.373. The van der Waals surface area contributed by atoms with Crippen molar-refractivity contribution in [1.29, 1.82) is 0 Å². The monoisotopic (exact) mass is 1140 g/mol. The van der Waals surface area contributed by atoms with Crippen LogP contribution in [0, 0.1) is 0 Å². The van der Waals surface area contributed by atoms with Gasteiger partial charge in [0, 0.05) is 37.3 Å². The molecule has 3 fully saturated rings. The van der Waals surface area contributed by atoms with Crippen molar-refractivity contribution in [3.63, 3.8) is 0 Å². The van der Waals surface area contributed by atoms with Crippen molar-refractivity contribution in [3.8, 4) is 34.5 Å². The summed E-state index contributed by atoms with van der Waals surface area (Å²) in [6, 6.07) is 11.4. The van der Waals surface area contributed by atoms with E-state index in [-0.39, 0.29) is 87.5 Å². The van der Waals surface area contributed by atoms with Crippen LogP contribution in [-0.2, 0) is 21.8 Å². The normalized spacial score (nSPS) is 19.3. The fourth-order valence-corrected chi connectivity index (χ4v) is 10.1. The number of ether oxygens (including phenoxy) is 4. The van der Waals surface area contributed by atoms with E-state index in [0.717, 1.165) is 24.3 Å². The van der Waals surface area contributed by atoms with E-state index in [2.05, 4.69) is 45.4 Å². The van der Waals surface area contributed by atoms with Crippen LogP contribution in [0.3, 0.4) is 0 Å². The van der Waals surface area contributed by atoms with Gasteiger partial charge in [0.05, 0.1) is 105 Å². The Morgan fingerprint density at radius 2 is 1.19 bits per heavy atom. The summed E-state index contributed by atoms with van der Waals surface area (Å²) in [6.45, 7) is 6.05. The maximum atomic E-state index is 13.5. The Balaban J connectivity index is 0.000000179. The molecule has 4 amide bonds. The van der Waals surface area contributed by atoms with Crippen molar-refractivity contribution < 1.29 is 65.1 Å². The Morgan fingerprint density at radius 1 is 0.734 bits per heavy atom. The second-order valence-electron chi connectivity index (χ2n) is 19.3. The van der Waals surface area contributed by atoms with Gasteiger partial charge in [0.25, 0.3) is 0 Å². The van der Waals surface area contributed by atoms with Crippen LogP contribution in [0.1, 0.15) is 37.8 Å². The average Bonchev–Trinajstić information content (AvgIpc) is 4.31. The number of alkyl halides is 6. The van der Waals surface area contributed by atoms with Gasteiger partial charge in [-0.2, -0.15) is 26.3 Å². The van der Waals surface area contributed by atoms with E-state index in [0.29, 0.717) is 68.5 Å². The van der Waals surface area contributed by atoms with Crippen LogP contribution in [0.4, 0.5) is 70.3 Å². The predicted molar refractivity (Wildman–Crippen MR) is 277 cm³/mol. The summed E-state index contributed by atoms with van der Waals surface area (Å²) in [5, 5.41) is 24.1. The minimum absolute atomic E-state index is 0.0488. The number of aliphatic hydroxyl groups excluding tert-OH is 2. The Morgan fingerprint density at radius 3 is 1.61 bits per heavy atom. The Labute approximate surface area is 456 Å². The summed E-state index contributed by atoms with van der Waals surface area (Å²) in [5.74, 6) is -0.0666. The lowest BCUT2D eigenvalue weighted by Crippen LogP contribution is -2.48. The molecule has 4 N–H and O–H groups in total. The van der Waals surface area contributed by atoms with Gasteiger partial charge in [0.15, 0.2) is 17.4 Å². The van der Waals surface area contributed by atoms with Crippen molar-refractivity contribution in [1.82, 2.24) is 29.9 Å². The molecule has 4 aromatic heterocycles. The van der Waals surface area contributed by atoms with E-state index in [1.807, 2.05) is 18.7 Å². The van der Waals surface area contributed by atoms with E-state index < -0.39 is 54.0 Å². The SMILES string of the molecule is CC1(C)OC[C@@H](COc2ncc(NC(=O)N3c4nc(-c5cccc(C(F)(F)F)c5)c(Cl)cc4N4CC[C@H]3C4)cn2)O1.O=C(Nc1cnc(OC[C@@H](O)CO)nc1)N1c2nc(-c3cccc(C(F)(F)F)c3)c(Cl)cc2N2CC[C@H]1C2. The number of hydrogen-bond acceptors (Lipinski definition) is 16. The number of aliphatic hydroxyl groups is 2. The molecule has 0 saturated carbocycles. The molecule has 9 heterocycles. The number of carbonyl (C=O) groups is 2. The number of nitrogens with zero attached hydrogens (tertiary/aromatic N) is 10. The first-order valence-electron chi connectivity index (χ1n) is 24.6. The van der Waals surface area contributed by atoms with Gasteiger partial charge in [-0.3, -0.25) is 9.80 Å². The van der Waals surface area contributed by atoms with Crippen molar-refractivity contribution in [2.75, 3.05) is 82.8 Å². The van der Waals surface area contributed by atoms with E-state index in [9.17, 15) is 41.0 Å². The quantitative estimate of drug-likeness (QED) is 0.0888. The molecule has 0 aliphatic carbocycles. The Hall–Kier alpha value is -7.36. The van der Waals surface area contributed by atoms with Crippen molar-refractivity contribution >= 4 is 69.6 Å². The lowest BCUT2D eigenvalue weighted by Gasteiger charge is -2.36. The van der Waals surface area contributed by atoms with Crippen LogP contribution < -0.4 is 39.7 Å². The number of carbonyl (C=O) groups excluding carboxylic acids is 2. The molecule has 79 heavy (non-hydrogen) atoms. The van der Waals surface area contributed by atoms with E-state index in [1.165, 1.54) is 58.9 Å². The third-order valence-corrected chi connectivity index (χ3v) is 13.8. The molecule has 416 valence electrons. The molecule has 4 bridgehead atoms. The molecule has 0 spiro atoms. The molecule has 20 nitrogen and oxygen atoms in total. The van der Waals surface area contributed by atoms with Gasteiger partial charge in [0.2, 0.25) is 0 Å². The number of nitrogens with one attached hydrogen (secondary N) is 2. The fourth-order valence-electron chi connectivity index (χ4n) is 9.58. The number of urea groups is 2. The summed E-state index contributed by atoms with van der Waals surface area (Å²) in [7, 11) is 0. The van der Waals surface area contributed by atoms with Crippen LogP contribution >= 0.6 is 23.2 Å².